The molecule has 21 heteroatoms. The number of carbonyl (C=O) groups excluding carboxylic acids is 2. The first-order chi connectivity index (χ1) is 22.3. The van der Waals surface area contributed by atoms with Crippen LogP contribution in [0.15, 0.2) is 61.2 Å². The first-order valence-electron chi connectivity index (χ1n) is 13.6. The standard InChI is InChI=1S/C26H29N7O12P2/c1-28-16-9-5-3-7-14(16)25(34)43-20-18(11-41-47(39,40)45-46(36,37)38)42-24(33-13-32-19-22(27)30-12-31-23(19)33)21(20)44-26(35)15-8-4-6-10-17(15)29-2/h3-10,12-13,18,20-21,24,28-29H,11H2,1-2H3,(H,39,40)(H2,27,30,31)(H2,36,37,38)/t18-,20-,21-,24-/m1/s1. The molecule has 1 aliphatic rings. The van der Waals surface area contributed by atoms with E-state index in [1.807, 2.05) is 0 Å². The Hall–Kier alpha value is -4.45. The Kier molecular flexibility index (Phi) is 9.90. The molecule has 19 nitrogen and oxygen atoms in total. The van der Waals surface area contributed by atoms with Gasteiger partial charge in [0.05, 0.1) is 24.1 Å². The lowest BCUT2D eigenvalue weighted by atomic mass is 10.1. The quantitative estimate of drug-likeness (QED) is 0.0915. The average Bonchev–Trinajstić information content (AvgIpc) is 3.60. The minimum absolute atomic E-state index is 0.0191. The van der Waals surface area contributed by atoms with Crippen LogP contribution in [0.2, 0.25) is 0 Å². The van der Waals surface area contributed by atoms with Crippen molar-refractivity contribution in [3.8, 4) is 0 Å². The highest BCUT2D eigenvalue weighted by Gasteiger charge is 2.52. The number of aromatic nitrogens is 4. The number of phosphoric ester groups is 1. The molecule has 7 N–H and O–H groups in total. The highest BCUT2D eigenvalue weighted by molar-refractivity contribution is 7.60. The second-order valence-electron chi connectivity index (χ2n) is 9.82. The molecule has 1 saturated heterocycles. The van der Waals surface area contributed by atoms with E-state index >= 15 is 0 Å². The predicted molar refractivity (Wildman–Crippen MR) is 163 cm³/mol. The van der Waals surface area contributed by atoms with Crippen molar-refractivity contribution in [3.63, 3.8) is 0 Å². The van der Waals surface area contributed by atoms with Crippen molar-refractivity contribution in [1.82, 2.24) is 19.5 Å². The molecule has 0 amide bonds. The lowest BCUT2D eigenvalue weighted by Crippen LogP contribution is -2.41. The zero-order chi connectivity index (χ0) is 33.9. The normalized spacial score (nSPS) is 20.8. The number of nitrogen functional groups attached to an aromatic ring is 1. The van der Waals surface area contributed by atoms with Gasteiger partial charge in [-0.2, -0.15) is 4.31 Å². The number of anilines is 3. The highest BCUT2D eigenvalue weighted by Crippen LogP contribution is 2.58. The van der Waals surface area contributed by atoms with E-state index in [1.165, 1.54) is 23.0 Å². The molecule has 1 fully saturated rings. The number of phosphoric acid groups is 2. The van der Waals surface area contributed by atoms with Gasteiger partial charge >= 0.3 is 27.6 Å². The number of nitrogens with one attached hydrogen (secondary N) is 2. The van der Waals surface area contributed by atoms with Crippen LogP contribution >= 0.6 is 15.6 Å². The van der Waals surface area contributed by atoms with Crippen molar-refractivity contribution < 1.29 is 56.4 Å². The average molecular weight is 694 g/mol. The van der Waals surface area contributed by atoms with Crippen LogP contribution in [-0.2, 0) is 32.2 Å². The number of esters is 2. The van der Waals surface area contributed by atoms with Crippen molar-refractivity contribution in [3.05, 3.63) is 72.3 Å². The molecule has 0 radical (unpaired) electrons. The van der Waals surface area contributed by atoms with Gasteiger partial charge in [-0.25, -0.2) is 33.7 Å². The summed E-state index contributed by atoms with van der Waals surface area (Å²) in [4.78, 5) is 67.6. The van der Waals surface area contributed by atoms with Crippen LogP contribution in [0, 0.1) is 0 Å². The van der Waals surface area contributed by atoms with Crippen molar-refractivity contribution in [1.29, 1.82) is 0 Å². The third-order valence-electron chi connectivity index (χ3n) is 6.88. The first kappa shape index (κ1) is 33.9. The van der Waals surface area contributed by atoms with Crippen LogP contribution in [0.5, 0.6) is 0 Å². The van der Waals surface area contributed by atoms with E-state index < -0.39 is 58.7 Å². The fourth-order valence-electron chi connectivity index (χ4n) is 4.85. The van der Waals surface area contributed by atoms with Crippen molar-refractivity contribution in [2.45, 2.75) is 24.5 Å². The lowest BCUT2D eigenvalue weighted by molar-refractivity contribution is -0.0558. The molecule has 2 aromatic heterocycles. The third-order valence-corrected chi connectivity index (χ3v) is 9.03. The first-order valence-corrected chi connectivity index (χ1v) is 16.6. The summed E-state index contributed by atoms with van der Waals surface area (Å²) in [5.74, 6) is -1.76. The molecule has 4 aromatic rings. The van der Waals surface area contributed by atoms with Gasteiger partial charge in [-0.1, -0.05) is 24.3 Å². The molecular weight excluding hydrogens is 664 g/mol. The Balaban J connectivity index is 1.58. The number of imidazole rings is 1. The highest BCUT2D eigenvalue weighted by atomic mass is 31.3. The lowest BCUT2D eigenvalue weighted by Gasteiger charge is -2.25. The van der Waals surface area contributed by atoms with Crippen molar-refractivity contribution in [2.24, 2.45) is 0 Å². The summed E-state index contributed by atoms with van der Waals surface area (Å²) >= 11 is 0. The largest absolute Gasteiger partial charge is 0.481 e. The Labute approximate surface area is 265 Å². The number of ether oxygens (including phenoxy) is 3. The fourth-order valence-corrected chi connectivity index (χ4v) is 6.45. The Morgan fingerprint density at radius 3 is 2.06 bits per heavy atom. The second-order valence-corrected chi connectivity index (χ2v) is 12.6. The summed E-state index contributed by atoms with van der Waals surface area (Å²) in [5, 5.41) is 5.75. The van der Waals surface area contributed by atoms with Crippen molar-refractivity contribution >= 4 is 55.9 Å². The van der Waals surface area contributed by atoms with E-state index in [-0.39, 0.29) is 28.1 Å². The van der Waals surface area contributed by atoms with Crippen LogP contribution in [0.1, 0.15) is 26.9 Å². The van der Waals surface area contributed by atoms with Gasteiger partial charge in [-0.3, -0.25) is 9.09 Å². The number of carbonyl (C=O) groups is 2. The number of hydrogen-bond acceptors (Lipinski definition) is 15. The molecular formula is C26H29N7O12P2. The van der Waals surface area contributed by atoms with Gasteiger partial charge in [0.15, 0.2) is 29.9 Å². The van der Waals surface area contributed by atoms with Crippen molar-refractivity contribution in [2.75, 3.05) is 37.1 Å². The maximum Gasteiger partial charge on any atom is 0.481 e. The molecule has 3 heterocycles. The summed E-state index contributed by atoms with van der Waals surface area (Å²) in [6.45, 7) is -0.944. The van der Waals surface area contributed by atoms with Gasteiger partial charge in [-0.05, 0) is 24.3 Å². The molecule has 5 atom stereocenters. The third kappa shape index (κ3) is 7.59. The summed E-state index contributed by atoms with van der Waals surface area (Å²) in [6, 6.07) is 12.8. The van der Waals surface area contributed by atoms with Gasteiger partial charge < -0.3 is 45.3 Å². The summed E-state index contributed by atoms with van der Waals surface area (Å²) in [7, 11) is -7.69. The number of rotatable bonds is 12. The molecule has 0 saturated carbocycles. The number of para-hydroxylation sites is 2. The van der Waals surface area contributed by atoms with Gasteiger partial charge in [0.2, 0.25) is 0 Å². The number of nitrogens with two attached hydrogens (primary N) is 1. The van der Waals surface area contributed by atoms with Crippen LogP contribution < -0.4 is 16.4 Å². The van der Waals surface area contributed by atoms with E-state index in [0.29, 0.717) is 11.4 Å². The molecule has 1 unspecified atom stereocenters. The smallest absolute Gasteiger partial charge is 0.452 e. The number of hydrogen-bond donors (Lipinski definition) is 6. The summed E-state index contributed by atoms with van der Waals surface area (Å²) in [5.41, 5.74) is 7.23. The zero-order valence-corrected chi connectivity index (χ0v) is 26.4. The maximum atomic E-state index is 13.6. The molecule has 47 heavy (non-hydrogen) atoms. The minimum Gasteiger partial charge on any atom is -0.452 e. The summed E-state index contributed by atoms with van der Waals surface area (Å²) < 4.78 is 51.6. The van der Waals surface area contributed by atoms with Gasteiger partial charge in [0.25, 0.3) is 0 Å². The number of benzene rings is 2. The zero-order valence-electron chi connectivity index (χ0n) is 24.6. The SMILES string of the molecule is CNc1ccccc1C(=O)O[C@@H]1[C@H](OC(=O)c2ccccc2NC)[C@@H](COP(=O)(O)OP(=O)(O)O)O[C@H]1n1cnc2c(N)ncnc21. The van der Waals surface area contributed by atoms with E-state index in [9.17, 15) is 23.6 Å². The van der Waals surface area contributed by atoms with Gasteiger partial charge in [0.1, 0.15) is 17.9 Å². The molecule has 250 valence electrons. The van der Waals surface area contributed by atoms with Gasteiger partial charge in [0, 0.05) is 25.5 Å². The molecule has 0 aliphatic carbocycles. The molecule has 2 aromatic carbocycles. The Bertz CT molecular complexity index is 1890. The van der Waals surface area contributed by atoms with Crippen LogP contribution in [0.4, 0.5) is 17.2 Å². The second kappa shape index (κ2) is 13.7. The molecule has 0 bridgehead atoms. The van der Waals surface area contributed by atoms with Crippen LogP contribution in [0.3, 0.4) is 0 Å². The summed E-state index contributed by atoms with van der Waals surface area (Å²) in [6.07, 6.45) is -3.57. The maximum absolute atomic E-state index is 13.6. The molecule has 1 aliphatic heterocycles. The fraction of sp³-hybridized carbons (Fsp3) is 0.269. The van der Waals surface area contributed by atoms with Crippen LogP contribution in [0.25, 0.3) is 11.2 Å². The topological polar surface area (TPSA) is 269 Å². The minimum atomic E-state index is -5.48. The van der Waals surface area contributed by atoms with E-state index in [2.05, 4.69) is 29.9 Å². The van der Waals surface area contributed by atoms with E-state index in [0.717, 1.165) is 6.33 Å². The van der Waals surface area contributed by atoms with Crippen LogP contribution in [-0.4, -0.2) is 85.2 Å². The monoisotopic (exact) mass is 693 g/mol. The molecule has 0 spiro atoms. The van der Waals surface area contributed by atoms with E-state index in [1.54, 1.807) is 50.5 Å². The van der Waals surface area contributed by atoms with Gasteiger partial charge in [-0.15, -0.1) is 0 Å². The Morgan fingerprint density at radius 1 is 0.915 bits per heavy atom. The Morgan fingerprint density at radius 2 is 1.49 bits per heavy atom. The predicted octanol–water partition coefficient (Wildman–Crippen LogP) is 2.07. The molecule has 5 rings (SSSR count). The number of fused-ring (bicyclic) bond motifs is 1. The van der Waals surface area contributed by atoms with E-state index in [4.69, 9.17) is 34.3 Å². The number of nitrogens with zero attached hydrogens (tertiary/aromatic N) is 4.